The molecule has 0 radical (unpaired) electrons. The molecule has 0 unspecified atom stereocenters. The van der Waals surface area contributed by atoms with Gasteiger partial charge in [-0.1, -0.05) is 25.4 Å². The summed E-state index contributed by atoms with van der Waals surface area (Å²) < 4.78 is 1.66. The van der Waals surface area contributed by atoms with Crippen LogP contribution in [0.2, 0.25) is 5.02 Å². The van der Waals surface area contributed by atoms with Crippen LogP contribution in [0.4, 0.5) is 0 Å². The summed E-state index contributed by atoms with van der Waals surface area (Å²) in [6, 6.07) is 0. The zero-order valence-corrected chi connectivity index (χ0v) is 12.7. The van der Waals surface area contributed by atoms with Gasteiger partial charge in [0.15, 0.2) is 5.69 Å². The van der Waals surface area contributed by atoms with Crippen molar-refractivity contribution in [3.8, 4) is 0 Å². The van der Waals surface area contributed by atoms with Crippen molar-refractivity contribution in [2.75, 3.05) is 26.2 Å². The lowest BCUT2D eigenvalue weighted by Crippen LogP contribution is -2.30. The zero-order valence-electron chi connectivity index (χ0n) is 11.9. The molecule has 0 aromatic carbocycles. The summed E-state index contributed by atoms with van der Waals surface area (Å²) in [4.78, 5) is 14.2. The van der Waals surface area contributed by atoms with E-state index in [1.54, 1.807) is 10.9 Å². The van der Waals surface area contributed by atoms with Crippen LogP contribution in [0, 0.1) is 0 Å². The maximum Gasteiger partial charge on any atom is 0.273 e. The average Bonchev–Trinajstić information content (AvgIpc) is 2.80. The highest BCUT2D eigenvalue weighted by atomic mass is 35.5. The number of aryl methyl sites for hydroxylation is 1. The maximum absolute atomic E-state index is 11.9. The molecule has 1 N–H and O–H groups in total. The number of nitrogens with zero attached hydrogens (tertiary/aromatic N) is 3. The highest BCUT2D eigenvalue weighted by Gasteiger charge is 2.14. The van der Waals surface area contributed by atoms with Gasteiger partial charge in [0.25, 0.3) is 5.91 Å². The molecule has 108 valence electrons. The van der Waals surface area contributed by atoms with Crippen molar-refractivity contribution in [3.05, 3.63) is 16.9 Å². The summed E-state index contributed by atoms with van der Waals surface area (Å²) in [7, 11) is 0. The number of hydrogen-bond acceptors (Lipinski definition) is 3. The Hall–Kier alpha value is -1.07. The quantitative estimate of drug-likeness (QED) is 0.744. The zero-order chi connectivity index (χ0) is 14.3. The SMILES string of the molecule is CCN(CC)CCCNC(=O)c1nn(CC)cc1Cl. The first-order valence-electron chi connectivity index (χ1n) is 6.85. The second-order valence-electron chi connectivity index (χ2n) is 4.32. The highest BCUT2D eigenvalue weighted by Crippen LogP contribution is 2.13. The lowest BCUT2D eigenvalue weighted by Gasteiger charge is -2.17. The molecule has 5 nitrogen and oxygen atoms in total. The monoisotopic (exact) mass is 286 g/mol. The molecule has 0 saturated heterocycles. The fourth-order valence-corrected chi connectivity index (χ4v) is 2.08. The molecule has 0 aliphatic heterocycles. The summed E-state index contributed by atoms with van der Waals surface area (Å²) >= 11 is 5.97. The van der Waals surface area contributed by atoms with Gasteiger partial charge < -0.3 is 10.2 Å². The molecule has 1 aromatic heterocycles. The van der Waals surface area contributed by atoms with Crippen molar-refractivity contribution in [2.24, 2.45) is 0 Å². The van der Waals surface area contributed by atoms with Crippen LogP contribution in [0.1, 0.15) is 37.7 Å². The topological polar surface area (TPSA) is 50.2 Å². The van der Waals surface area contributed by atoms with Crippen molar-refractivity contribution >= 4 is 17.5 Å². The van der Waals surface area contributed by atoms with Crippen LogP contribution in [0.15, 0.2) is 6.20 Å². The molecule has 1 amide bonds. The summed E-state index contributed by atoms with van der Waals surface area (Å²) in [6.07, 6.45) is 2.60. The first-order valence-corrected chi connectivity index (χ1v) is 7.23. The number of aromatic nitrogens is 2. The third-order valence-electron chi connectivity index (χ3n) is 3.09. The van der Waals surface area contributed by atoms with Crippen LogP contribution < -0.4 is 5.32 Å². The Balaban J connectivity index is 2.36. The predicted octanol–water partition coefficient (Wildman–Crippen LogP) is 2.02. The van der Waals surface area contributed by atoms with Gasteiger partial charge in [-0.2, -0.15) is 5.10 Å². The number of carbonyl (C=O) groups is 1. The fraction of sp³-hybridized carbons (Fsp3) is 0.692. The van der Waals surface area contributed by atoms with Crippen molar-refractivity contribution in [1.82, 2.24) is 20.0 Å². The number of halogens is 1. The van der Waals surface area contributed by atoms with Crippen molar-refractivity contribution < 1.29 is 4.79 Å². The predicted molar refractivity (Wildman–Crippen MR) is 77.6 cm³/mol. The first kappa shape index (κ1) is 16.0. The Bertz CT molecular complexity index is 401. The van der Waals surface area contributed by atoms with Crippen LogP contribution in [-0.4, -0.2) is 46.8 Å². The van der Waals surface area contributed by atoms with Gasteiger partial charge in [0, 0.05) is 19.3 Å². The number of amides is 1. The van der Waals surface area contributed by atoms with E-state index >= 15 is 0 Å². The van der Waals surface area contributed by atoms with E-state index in [2.05, 4.69) is 29.2 Å². The summed E-state index contributed by atoms with van der Waals surface area (Å²) in [5, 5.41) is 7.40. The van der Waals surface area contributed by atoms with Crippen LogP contribution >= 0.6 is 11.6 Å². The molecular formula is C13H23ClN4O. The Morgan fingerprint density at radius 3 is 2.63 bits per heavy atom. The first-order chi connectivity index (χ1) is 9.12. The molecule has 0 saturated carbocycles. The number of rotatable bonds is 8. The molecule has 0 atom stereocenters. The molecule has 1 heterocycles. The van der Waals surface area contributed by atoms with Crippen molar-refractivity contribution in [1.29, 1.82) is 0 Å². The summed E-state index contributed by atoms with van der Waals surface area (Å²) in [6.45, 7) is 10.6. The smallest absolute Gasteiger partial charge is 0.273 e. The molecule has 0 bridgehead atoms. The van der Waals surface area contributed by atoms with Crippen molar-refractivity contribution in [2.45, 2.75) is 33.7 Å². The molecule has 1 aromatic rings. The van der Waals surface area contributed by atoms with Crippen LogP contribution in [-0.2, 0) is 6.54 Å². The van der Waals surface area contributed by atoms with Crippen LogP contribution in [0.5, 0.6) is 0 Å². The molecule has 0 aliphatic rings. The van der Waals surface area contributed by atoms with Gasteiger partial charge in [0.05, 0.1) is 5.02 Å². The highest BCUT2D eigenvalue weighted by molar-refractivity contribution is 6.33. The Labute approximate surface area is 119 Å². The fourth-order valence-electron chi connectivity index (χ4n) is 1.84. The van der Waals surface area contributed by atoms with Gasteiger partial charge in [-0.05, 0) is 33.0 Å². The lowest BCUT2D eigenvalue weighted by atomic mass is 10.3. The Morgan fingerprint density at radius 2 is 2.11 bits per heavy atom. The largest absolute Gasteiger partial charge is 0.351 e. The third kappa shape index (κ3) is 4.84. The minimum atomic E-state index is -0.197. The van der Waals surface area contributed by atoms with Gasteiger partial charge in [-0.3, -0.25) is 9.48 Å². The lowest BCUT2D eigenvalue weighted by molar-refractivity contribution is 0.0946. The normalized spacial score (nSPS) is 11.0. The average molecular weight is 287 g/mol. The molecular weight excluding hydrogens is 264 g/mol. The Morgan fingerprint density at radius 1 is 1.42 bits per heavy atom. The van der Waals surface area contributed by atoms with E-state index in [-0.39, 0.29) is 5.91 Å². The third-order valence-corrected chi connectivity index (χ3v) is 3.36. The minimum absolute atomic E-state index is 0.197. The van der Waals surface area contributed by atoms with E-state index in [1.807, 2.05) is 6.92 Å². The standard InChI is InChI=1S/C13H23ClN4O/c1-4-17(5-2)9-7-8-15-13(19)12-11(14)10-18(6-3)16-12/h10H,4-9H2,1-3H3,(H,15,19). The molecule has 0 spiro atoms. The van der Waals surface area contributed by atoms with E-state index in [1.165, 1.54) is 0 Å². The Kier molecular flexibility index (Phi) is 6.87. The second-order valence-corrected chi connectivity index (χ2v) is 4.72. The van der Waals surface area contributed by atoms with E-state index in [0.29, 0.717) is 23.8 Å². The van der Waals surface area contributed by atoms with Gasteiger partial charge in [-0.15, -0.1) is 0 Å². The molecule has 0 aliphatic carbocycles. The summed E-state index contributed by atoms with van der Waals surface area (Å²) in [5.41, 5.74) is 0.311. The number of nitrogens with one attached hydrogen (secondary N) is 1. The molecule has 1 rings (SSSR count). The van der Waals surface area contributed by atoms with Gasteiger partial charge in [0.2, 0.25) is 0 Å². The van der Waals surface area contributed by atoms with Crippen LogP contribution in [0.3, 0.4) is 0 Å². The van der Waals surface area contributed by atoms with Crippen molar-refractivity contribution in [3.63, 3.8) is 0 Å². The van der Waals surface area contributed by atoms with Gasteiger partial charge in [0.1, 0.15) is 0 Å². The number of hydrogen-bond donors (Lipinski definition) is 1. The van der Waals surface area contributed by atoms with E-state index < -0.39 is 0 Å². The van der Waals surface area contributed by atoms with Gasteiger partial charge >= 0.3 is 0 Å². The molecule has 6 heteroatoms. The minimum Gasteiger partial charge on any atom is -0.351 e. The van der Waals surface area contributed by atoms with E-state index in [0.717, 1.165) is 26.1 Å². The molecule has 19 heavy (non-hydrogen) atoms. The molecule has 0 fully saturated rings. The van der Waals surface area contributed by atoms with E-state index in [4.69, 9.17) is 11.6 Å². The second kappa shape index (κ2) is 8.17. The van der Waals surface area contributed by atoms with Crippen LogP contribution in [0.25, 0.3) is 0 Å². The van der Waals surface area contributed by atoms with E-state index in [9.17, 15) is 4.79 Å². The van der Waals surface area contributed by atoms with Gasteiger partial charge in [-0.25, -0.2) is 0 Å². The number of carbonyl (C=O) groups excluding carboxylic acids is 1. The maximum atomic E-state index is 11.9. The summed E-state index contributed by atoms with van der Waals surface area (Å²) in [5.74, 6) is -0.197.